The predicted octanol–water partition coefficient (Wildman–Crippen LogP) is 2.78. The van der Waals surface area contributed by atoms with Crippen LogP contribution in [0.1, 0.15) is 55.8 Å². The van der Waals surface area contributed by atoms with Gasteiger partial charge in [0, 0.05) is 18.7 Å². The van der Waals surface area contributed by atoms with E-state index < -0.39 is 0 Å². The Hall–Kier alpha value is -2.70. The van der Waals surface area contributed by atoms with Crippen LogP contribution < -0.4 is 4.90 Å². The van der Waals surface area contributed by atoms with Crippen molar-refractivity contribution in [2.24, 2.45) is 17.8 Å². The van der Waals surface area contributed by atoms with Crippen LogP contribution in [0.4, 0.5) is 5.69 Å². The fourth-order valence-corrected chi connectivity index (χ4v) is 4.96. The van der Waals surface area contributed by atoms with Gasteiger partial charge in [0.2, 0.25) is 11.8 Å². The monoisotopic (exact) mass is 412 g/mol. The molecule has 0 bridgehead atoms. The highest BCUT2D eigenvalue weighted by Gasteiger charge is 2.48. The van der Waals surface area contributed by atoms with Crippen molar-refractivity contribution < 1.29 is 23.9 Å². The molecule has 1 aliphatic carbocycles. The molecule has 4 rings (SSSR count). The van der Waals surface area contributed by atoms with E-state index >= 15 is 0 Å². The minimum Gasteiger partial charge on any atom is -0.466 e. The van der Waals surface area contributed by atoms with E-state index in [-0.39, 0.29) is 41.4 Å². The van der Waals surface area contributed by atoms with Crippen LogP contribution in [0.25, 0.3) is 0 Å². The zero-order valence-corrected chi connectivity index (χ0v) is 17.3. The van der Waals surface area contributed by atoms with E-state index in [1.54, 1.807) is 36.1 Å². The molecule has 0 radical (unpaired) electrons. The number of fused-ring (bicyclic) bond motifs is 1. The third kappa shape index (κ3) is 3.73. The van der Waals surface area contributed by atoms with Gasteiger partial charge < -0.3 is 9.64 Å². The van der Waals surface area contributed by atoms with Crippen molar-refractivity contribution in [2.75, 3.05) is 24.6 Å². The summed E-state index contributed by atoms with van der Waals surface area (Å²) in [6.45, 7) is 3.12. The Balaban J connectivity index is 1.46. The molecule has 3 aliphatic rings. The van der Waals surface area contributed by atoms with Crippen molar-refractivity contribution in [1.82, 2.24) is 4.90 Å². The summed E-state index contributed by atoms with van der Waals surface area (Å²) >= 11 is 0. The summed E-state index contributed by atoms with van der Waals surface area (Å²) in [5.41, 5.74) is 0.934. The quantitative estimate of drug-likeness (QED) is 0.561. The molecule has 3 amide bonds. The summed E-state index contributed by atoms with van der Waals surface area (Å²) in [4.78, 5) is 53.6. The molecule has 2 atom stereocenters. The van der Waals surface area contributed by atoms with Gasteiger partial charge >= 0.3 is 5.97 Å². The van der Waals surface area contributed by atoms with Gasteiger partial charge in [0.15, 0.2) is 0 Å². The number of piperidine rings is 1. The SMILES string of the molecule is CCOC(=O)C1CCN(C(=O)c2cccc(N3C(=O)C4CCCCC4C3=O)c2)CC1. The molecule has 160 valence electrons. The second-order valence-corrected chi connectivity index (χ2v) is 8.38. The third-order valence-corrected chi connectivity index (χ3v) is 6.59. The van der Waals surface area contributed by atoms with Gasteiger partial charge in [-0.05, 0) is 50.8 Å². The first-order valence-electron chi connectivity index (χ1n) is 10.9. The Kier molecular flexibility index (Phi) is 5.88. The molecule has 7 nitrogen and oxygen atoms in total. The van der Waals surface area contributed by atoms with Crippen LogP contribution in [-0.2, 0) is 19.1 Å². The zero-order valence-electron chi connectivity index (χ0n) is 17.3. The van der Waals surface area contributed by atoms with E-state index in [0.29, 0.717) is 43.8 Å². The van der Waals surface area contributed by atoms with E-state index in [1.807, 2.05) is 0 Å². The van der Waals surface area contributed by atoms with E-state index in [2.05, 4.69) is 0 Å². The maximum atomic E-state index is 13.0. The highest BCUT2D eigenvalue weighted by atomic mass is 16.5. The number of rotatable bonds is 4. The van der Waals surface area contributed by atoms with Crippen LogP contribution in [-0.4, -0.2) is 48.3 Å². The lowest BCUT2D eigenvalue weighted by atomic mass is 9.81. The number of amides is 3. The average Bonchev–Trinajstić information content (AvgIpc) is 3.04. The lowest BCUT2D eigenvalue weighted by Gasteiger charge is -2.31. The second kappa shape index (κ2) is 8.58. The van der Waals surface area contributed by atoms with Crippen molar-refractivity contribution in [3.05, 3.63) is 29.8 Å². The molecular formula is C23H28N2O5. The van der Waals surface area contributed by atoms with Crippen LogP contribution in [0, 0.1) is 17.8 Å². The first-order chi connectivity index (χ1) is 14.5. The number of imide groups is 1. The smallest absolute Gasteiger partial charge is 0.309 e. The molecule has 0 N–H and O–H groups in total. The highest BCUT2D eigenvalue weighted by Crippen LogP contribution is 2.40. The lowest BCUT2D eigenvalue weighted by molar-refractivity contribution is -0.149. The fourth-order valence-electron chi connectivity index (χ4n) is 4.96. The summed E-state index contributed by atoms with van der Waals surface area (Å²) in [5.74, 6) is -1.20. The molecular weight excluding hydrogens is 384 g/mol. The van der Waals surface area contributed by atoms with E-state index in [1.165, 1.54) is 4.90 Å². The average molecular weight is 412 g/mol. The van der Waals surface area contributed by atoms with E-state index in [0.717, 1.165) is 25.7 Å². The van der Waals surface area contributed by atoms with Crippen molar-refractivity contribution in [2.45, 2.75) is 45.4 Å². The van der Waals surface area contributed by atoms with Crippen LogP contribution in [0.2, 0.25) is 0 Å². The Morgan fingerprint density at radius 1 is 1.00 bits per heavy atom. The third-order valence-electron chi connectivity index (χ3n) is 6.59. The van der Waals surface area contributed by atoms with Gasteiger partial charge in [-0.25, -0.2) is 0 Å². The first kappa shape index (κ1) is 20.6. The number of ether oxygens (including phenoxy) is 1. The second-order valence-electron chi connectivity index (χ2n) is 8.38. The zero-order chi connectivity index (χ0) is 21.3. The van der Waals surface area contributed by atoms with Gasteiger partial charge in [0.05, 0.1) is 30.0 Å². The molecule has 1 aromatic carbocycles. The predicted molar refractivity (Wildman–Crippen MR) is 110 cm³/mol. The summed E-state index contributed by atoms with van der Waals surface area (Å²) in [6.07, 6.45) is 4.65. The molecule has 30 heavy (non-hydrogen) atoms. The molecule has 1 saturated carbocycles. The molecule has 1 aromatic rings. The topological polar surface area (TPSA) is 84.0 Å². The largest absolute Gasteiger partial charge is 0.466 e. The van der Waals surface area contributed by atoms with Gasteiger partial charge in [0.25, 0.3) is 5.91 Å². The number of carbonyl (C=O) groups excluding carboxylic acids is 4. The van der Waals surface area contributed by atoms with Crippen LogP contribution in [0.15, 0.2) is 24.3 Å². The maximum absolute atomic E-state index is 13.0. The van der Waals surface area contributed by atoms with Crippen LogP contribution >= 0.6 is 0 Å². The number of carbonyl (C=O) groups is 4. The maximum Gasteiger partial charge on any atom is 0.309 e. The molecule has 2 saturated heterocycles. The Labute approximate surface area is 176 Å². The number of benzene rings is 1. The minimum absolute atomic E-state index is 0.135. The highest BCUT2D eigenvalue weighted by molar-refractivity contribution is 6.22. The number of anilines is 1. The van der Waals surface area contributed by atoms with Crippen molar-refractivity contribution in [3.63, 3.8) is 0 Å². The summed E-state index contributed by atoms with van der Waals surface area (Å²) in [6, 6.07) is 6.79. The summed E-state index contributed by atoms with van der Waals surface area (Å²) in [7, 11) is 0. The molecule has 3 fully saturated rings. The summed E-state index contributed by atoms with van der Waals surface area (Å²) < 4.78 is 5.08. The summed E-state index contributed by atoms with van der Waals surface area (Å²) in [5, 5.41) is 0. The lowest BCUT2D eigenvalue weighted by Crippen LogP contribution is -2.40. The number of likely N-dealkylation sites (tertiary alicyclic amines) is 1. The normalized spacial score (nSPS) is 24.7. The van der Waals surface area contributed by atoms with Gasteiger partial charge in [-0.15, -0.1) is 0 Å². The number of nitrogens with zero attached hydrogens (tertiary/aromatic N) is 2. The van der Waals surface area contributed by atoms with Gasteiger partial charge in [-0.1, -0.05) is 18.9 Å². The Morgan fingerprint density at radius 3 is 2.23 bits per heavy atom. The molecule has 2 aliphatic heterocycles. The van der Waals surface area contributed by atoms with Crippen molar-refractivity contribution >= 4 is 29.4 Å². The molecule has 2 heterocycles. The van der Waals surface area contributed by atoms with Crippen LogP contribution in [0.5, 0.6) is 0 Å². The van der Waals surface area contributed by atoms with Gasteiger partial charge in [-0.2, -0.15) is 0 Å². The molecule has 2 unspecified atom stereocenters. The van der Waals surface area contributed by atoms with Crippen molar-refractivity contribution in [3.8, 4) is 0 Å². The molecule has 0 aromatic heterocycles. The Morgan fingerprint density at radius 2 is 1.63 bits per heavy atom. The van der Waals surface area contributed by atoms with E-state index in [9.17, 15) is 19.2 Å². The molecule has 7 heteroatoms. The van der Waals surface area contributed by atoms with Crippen molar-refractivity contribution in [1.29, 1.82) is 0 Å². The molecule has 0 spiro atoms. The van der Waals surface area contributed by atoms with Gasteiger partial charge in [0.1, 0.15) is 0 Å². The fraction of sp³-hybridized carbons (Fsp3) is 0.565. The number of hydrogen-bond acceptors (Lipinski definition) is 5. The van der Waals surface area contributed by atoms with Crippen LogP contribution in [0.3, 0.4) is 0 Å². The standard InChI is InChI=1S/C23H28N2O5/c1-2-30-23(29)15-10-12-24(13-11-15)20(26)16-6-5-7-17(14-16)25-21(27)18-8-3-4-9-19(18)22(25)28/h5-7,14-15,18-19H,2-4,8-13H2,1H3. The van der Waals surface area contributed by atoms with Gasteiger partial charge in [-0.3, -0.25) is 24.1 Å². The minimum atomic E-state index is -0.215. The number of hydrogen-bond donors (Lipinski definition) is 0. The van der Waals surface area contributed by atoms with E-state index in [4.69, 9.17) is 4.74 Å². The Bertz CT molecular complexity index is 835. The first-order valence-corrected chi connectivity index (χ1v) is 10.9. The number of esters is 1.